The highest BCUT2D eigenvalue weighted by Crippen LogP contribution is 2.21. The quantitative estimate of drug-likeness (QED) is 0.719. The van der Waals surface area contributed by atoms with E-state index in [0.717, 1.165) is 13.1 Å². The lowest BCUT2D eigenvalue weighted by Gasteiger charge is -2.37. The first kappa shape index (κ1) is 9.77. The molecule has 2 heterocycles. The predicted molar refractivity (Wildman–Crippen MR) is 53.2 cm³/mol. The van der Waals surface area contributed by atoms with Gasteiger partial charge in [0.1, 0.15) is 6.61 Å². The third-order valence-corrected chi connectivity index (χ3v) is 3.23. The zero-order valence-electron chi connectivity index (χ0n) is 8.66. The summed E-state index contributed by atoms with van der Waals surface area (Å²) < 4.78 is 4.93. The van der Waals surface area contributed by atoms with Gasteiger partial charge in [-0.05, 0) is 25.9 Å². The lowest BCUT2D eigenvalue weighted by atomic mass is 9.96. The first-order valence-corrected chi connectivity index (χ1v) is 5.48. The van der Waals surface area contributed by atoms with Crippen LogP contribution in [0.25, 0.3) is 0 Å². The number of ether oxygens (including phenoxy) is 1. The van der Waals surface area contributed by atoms with Crippen molar-refractivity contribution in [3.05, 3.63) is 0 Å². The summed E-state index contributed by atoms with van der Waals surface area (Å²) in [5.74, 6) is 0. The summed E-state index contributed by atoms with van der Waals surface area (Å²) >= 11 is 0. The standard InChI is InChI=1S/C10H18N2O2/c1-2-12-6-4-3-5-9(12)8-7-14-10(13)11-8/h8-9H,2-7H2,1H3,(H,11,13). The van der Waals surface area contributed by atoms with Gasteiger partial charge in [-0.25, -0.2) is 4.79 Å². The molecule has 2 rings (SSSR count). The Hall–Kier alpha value is -0.770. The first-order chi connectivity index (χ1) is 6.81. The molecule has 0 aromatic rings. The molecule has 0 saturated carbocycles. The zero-order valence-corrected chi connectivity index (χ0v) is 8.66. The van der Waals surface area contributed by atoms with Gasteiger partial charge in [0.15, 0.2) is 0 Å². The van der Waals surface area contributed by atoms with Crippen molar-refractivity contribution in [1.29, 1.82) is 0 Å². The third kappa shape index (κ3) is 1.85. The number of amides is 1. The number of nitrogens with one attached hydrogen (secondary N) is 1. The van der Waals surface area contributed by atoms with E-state index < -0.39 is 0 Å². The Morgan fingerprint density at radius 3 is 3.07 bits per heavy atom. The second-order valence-electron chi connectivity index (χ2n) is 4.04. The maximum absolute atomic E-state index is 10.9. The maximum atomic E-state index is 10.9. The fourth-order valence-corrected chi connectivity index (χ4v) is 2.47. The minimum absolute atomic E-state index is 0.211. The minimum Gasteiger partial charge on any atom is -0.447 e. The third-order valence-electron chi connectivity index (χ3n) is 3.23. The Labute approximate surface area is 84.6 Å². The van der Waals surface area contributed by atoms with Gasteiger partial charge in [-0.1, -0.05) is 13.3 Å². The molecule has 2 aliphatic heterocycles. The molecule has 0 spiro atoms. The highest BCUT2D eigenvalue weighted by atomic mass is 16.6. The van der Waals surface area contributed by atoms with Gasteiger partial charge in [0, 0.05) is 6.04 Å². The van der Waals surface area contributed by atoms with E-state index in [-0.39, 0.29) is 12.1 Å². The van der Waals surface area contributed by atoms with E-state index in [9.17, 15) is 4.79 Å². The molecule has 1 N–H and O–H groups in total. The van der Waals surface area contributed by atoms with Gasteiger partial charge < -0.3 is 10.1 Å². The summed E-state index contributed by atoms with van der Waals surface area (Å²) in [6.07, 6.45) is 3.48. The van der Waals surface area contributed by atoms with Gasteiger partial charge in [0.2, 0.25) is 0 Å². The number of alkyl carbamates (subject to hydrolysis) is 1. The van der Waals surface area contributed by atoms with Gasteiger partial charge in [0.05, 0.1) is 6.04 Å². The average molecular weight is 198 g/mol. The lowest BCUT2D eigenvalue weighted by Crippen LogP contribution is -2.51. The second kappa shape index (κ2) is 4.17. The molecule has 2 saturated heterocycles. The van der Waals surface area contributed by atoms with Crippen molar-refractivity contribution in [3.63, 3.8) is 0 Å². The van der Waals surface area contributed by atoms with Crippen LogP contribution in [-0.4, -0.2) is 42.8 Å². The summed E-state index contributed by atoms with van der Waals surface area (Å²) in [4.78, 5) is 13.4. The van der Waals surface area contributed by atoms with Crippen LogP contribution in [0.2, 0.25) is 0 Å². The van der Waals surface area contributed by atoms with Crippen LogP contribution < -0.4 is 5.32 Å². The van der Waals surface area contributed by atoms with E-state index in [2.05, 4.69) is 17.1 Å². The van der Waals surface area contributed by atoms with E-state index in [0.29, 0.717) is 12.6 Å². The van der Waals surface area contributed by atoms with Crippen molar-refractivity contribution in [1.82, 2.24) is 10.2 Å². The van der Waals surface area contributed by atoms with E-state index in [4.69, 9.17) is 4.74 Å². The monoisotopic (exact) mass is 198 g/mol. The summed E-state index contributed by atoms with van der Waals surface area (Å²) in [5.41, 5.74) is 0. The number of piperidine rings is 1. The second-order valence-corrected chi connectivity index (χ2v) is 4.04. The highest BCUT2D eigenvalue weighted by Gasteiger charge is 2.34. The normalized spacial score (nSPS) is 33.9. The number of carbonyl (C=O) groups excluding carboxylic acids is 1. The van der Waals surface area contributed by atoms with Crippen LogP contribution in [0.4, 0.5) is 4.79 Å². The molecule has 2 fully saturated rings. The first-order valence-electron chi connectivity index (χ1n) is 5.48. The molecule has 80 valence electrons. The summed E-state index contributed by atoms with van der Waals surface area (Å²) in [5, 5.41) is 2.89. The van der Waals surface area contributed by atoms with Crippen molar-refractivity contribution in [2.75, 3.05) is 19.7 Å². The van der Waals surface area contributed by atoms with Crippen LogP contribution in [0.1, 0.15) is 26.2 Å². The SMILES string of the molecule is CCN1CCCCC1C1COC(=O)N1. The molecule has 4 nitrogen and oxygen atoms in total. The number of carbonyl (C=O) groups is 1. The fourth-order valence-electron chi connectivity index (χ4n) is 2.47. The molecule has 4 heteroatoms. The van der Waals surface area contributed by atoms with Gasteiger partial charge in [0.25, 0.3) is 0 Å². The number of rotatable bonds is 2. The van der Waals surface area contributed by atoms with Crippen molar-refractivity contribution in [3.8, 4) is 0 Å². The molecule has 2 atom stereocenters. The van der Waals surface area contributed by atoms with Gasteiger partial charge >= 0.3 is 6.09 Å². The molecule has 0 aliphatic carbocycles. The van der Waals surface area contributed by atoms with Crippen molar-refractivity contribution in [2.45, 2.75) is 38.3 Å². The number of likely N-dealkylation sites (tertiary alicyclic amines) is 1. The summed E-state index contributed by atoms with van der Waals surface area (Å²) in [6.45, 7) is 4.94. The van der Waals surface area contributed by atoms with E-state index in [1.54, 1.807) is 0 Å². The fraction of sp³-hybridized carbons (Fsp3) is 0.900. The van der Waals surface area contributed by atoms with Gasteiger partial charge in [-0.15, -0.1) is 0 Å². The van der Waals surface area contributed by atoms with Crippen LogP contribution in [-0.2, 0) is 4.74 Å². The molecule has 0 aromatic heterocycles. The Morgan fingerprint density at radius 2 is 2.43 bits per heavy atom. The number of hydrogen-bond donors (Lipinski definition) is 1. The average Bonchev–Trinajstić information content (AvgIpc) is 2.65. The molecule has 14 heavy (non-hydrogen) atoms. The summed E-state index contributed by atoms with van der Waals surface area (Å²) in [6, 6.07) is 0.697. The van der Waals surface area contributed by atoms with Crippen LogP contribution in [0.3, 0.4) is 0 Å². The highest BCUT2D eigenvalue weighted by molar-refractivity contribution is 5.69. The Bertz CT molecular complexity index is 220. The Kier molecular flexibility index (Phi) is 2.91. The zero-order chi connectivity index (χ0) is 9.97. The van der Waals surface area contributed by atoms with E-state index >= 15 is 0 Å². The summed E-state index contributed by atoms with van der Waals surface area (Å²) in [7, 11) is 0. The van der Waals surface area contributed by atoms with E-state index in [1.807, 2.05) is 0 Å². The number of cyclic esters (lactones) is 1. The van der Waals surface area contributed by atoms with Crippen LogP contribution in [0.15, 0.2) is 0 Å². The molecular formula is C10H18N2O2. The molecule has 2 unspecified atom stereocenters. The molecule has 0 aromatic carbocycles. The topological polar surface area (TPSA) is 41.6 Å². The van der Waals surface area contributed by atoms with Crippen molar-refractivity contribution < 1.29 is 9.53 Å². The van der Waals surface area contributed by atoms with Crippen molar-refractivity contribution in [2.24, 2.45) is 0 Å². The largest absolute Gasteiger partial charge is 0.447 e. The smallest absolute Gasteiger partial charge is 0.407 e. The lowest BCUT2D eigenvalue weighted by molar-refractivity contribution is 0.118. The van der Waals surface area contributed by atoms with Crippen LogP contribution in [0.5, 0.6) is 0 Å². The minimum atomic E-state index is -0.253. The molecule has 1 amide bonds. The van der Waals surface area contributed by atoms with Crippen LogP contribution >= 0.6 is 0 Å². The van der Waals surface area contributed by atoms with Gasteiger partial charge in [-0.2, -0.15) is 0 Å². The van der Waals surface area contributed by atoms with Crippen LogP contribution in [0, 0.1) is 0 Å². The molecule has 0 radical (unpaired) electrons. The Balaban J connectivity index is 1.96. The number of likely N-dealkylation sites (N-methyl/N-ethyl adjacent to an activating group) is 1. The number of hydrogen-bond acceptors (Lipinski definition) is 3. The predicted octanol–water partition coefficient (Wildman–Crippen LogP) is 0.969. The Morgan fingerprint density at radius 1 is 1.57 bits per heavy atom. The van der Waals surface area contributed by atoms with Gasteiger partial charge in [-0.3, -0.25) is 4.90 Å². The van der Waals surface area contributed by atoms with E-state index in [1.165, 1.54) is 19.3 Å². The van der Waals surface area contributed by atoms with Crippen molar-refractivity contribution >= 4 is 6.09 Å². The molecular weight excluding hydrogens is 180 g/mol. The maximum Gasteiger partial charge on any atom is 0.407 e. The molecule has 2 aliphatic rings. The molecule has 0 bridgehead atoms. The number of nitrogens with zero attached hydrogens (tertiary/aromatic N) is 1.